The molecule has 0 aromatic heterocycles. The molecule has 3 aliphatic rings. The zero-order valence-electron chi connectivity index (χ0n) is 27.1. The molecule has 12 heteroatoms. The minimum absolute atomic E-state index is 0.0340. The van der Waals surface area contributed by atoms with Crippen LogP contribution in [0.5, 0.6) is 0 Å². The van der Waals surface area contributed by atoms with Crippen LogP contribution in [0.3, 0.4) is 0 Å². The van der Waals surface area contributed by atoms with Crippen molar-refractivity contribution < 1.29 is 47.6 Å². The molecule has 9 atom stereocenters. The van der Waals surface area contributed by atoms with Gasteiger partial charge < -0.3 is 38.6 Å². The van der Waals surface area contributed by atoms with Gasteiger partial charge in [-0.25, -0.2) is 4.79 Å². The number of rotatable bonds is 11. The smallest absolute Gasteiger partial charge is 0.409 e. The van der Waals surface area contributed by atoms with Gasteiger partial charge in [-0.05, 0) is 45.6 Å². The molecule has 3 saturated heterocycles. The number of epoxide rings is 1. The van der Waals surface area contributed by atoms with Crippen LogP contribution in [-0.2, 0) is 42.8 Å². The average Bonchev–Trinajstić information content (AvgIpc) is 3.72. The van der Waals surface area contributed by atoms with Gasteiger partial charge >= 0.3 is 18.0 Å². The Kier molecular flexibility index (Phi) is 12.6. The summed E-state index contributed by atoms with van der Waals surface area (Å²) in [5, 5.41) is 3.00. The fraction of sp³-hybridized carbons (Fsp3) is 0.688. The van der Waals surface area contributed by atoms with E-state index in [4.69, 9.17) is 28.4 Å². The van der Waals surface area contributed by atoms with Crippen LogP contribution in [0.1, 0.15) is 60.3 Å². The maximum atomic E-state index is 12.5. The second-order valence-corrected chi connectivity index (χ2v) is 12.2. The minimum atomic E-state index is -0.695. The zero-order valence-corrected chi connectivity index (χ0v) is 27.1. The lowest BCUT2D eigenvalue weighted by atomic mass is 9.87. The Labute approximate surface area is 260 Å². The molecule has 3 rings (SSSR count). The maximum absolute atomic E-state index is 12.5. The zero-order chi connectivity index (χ0) is 32.6. The van der Waals surface area contributed by atoms with E-state index in [9.17, 15) is 19.2 Å². The van der Waals surface area contributed by atoms with Crippen LogP contribution in [0.25, 0.3) is 0 Å². The van der Waals surface area contributed by atoms with E-state index in [2.05, 4.69) is 18.3 Å². The van der Waals surface area contributed by atoms with Crippen molar-refractivity contribution in [1.82, 2.24) is 10.2 Å². The Balaban J connectivity index is 1.60. The van der Waals surface area contributed by atoms with Crippen LogP contribution < -0.4 is 5.32 Å². The monoisotopic (exact) mass is 620 g/mol. The number of carbonyl (C=O) groups excluding carboxylic acids is 4. The summed E-state index contributed by atoms with van der Waals surface area (Å²) in [5.74, 6) is -0.853. The van der Waals surface area contributed by atoms with E-state index >= 15 is 0 Å². The first-order valence-electron chi connectivity index (χ1n) is 15.1. The first-order valence-corrected chi connectivity index (χ1v) is 15.1. The van der Waals surface area contributed by atoms with Crippen molar-refractivity contribution in [2.24, 2.45) is 5.92 Å². The molecule has 12 nitrogen and oxygen atoms in total. The van der Waals surface area contributed by atoms with E-state index in [0.717, 1.165) is 12.0 Å². The summed E-state index contributed by atoms with van der Waals surface area (Å²) in [4.78, 5) is 49.2. The lowest BCUT2D eigenvalue weighted by Crippen LogP contribution is -2.53. The quantitative estimate of drug-likeness (QED) is 0.120. The Morgan fingerprint density at radius 1 is 1.11 bits per heavy atom. The van der Waals surface area contributed by atoms with Crippen LogP contribution >= 0.6 is 0 Å². The number of nitrogens with zero attached hydrogens (tertiary/aromatic N) is 1. The normalized spacial score (nSPS) is 32.7. The van der Waals surface area contributed by atoms with Gasteiger partial charge in [0.1, 0.15) is 17.8 Å². The summed E-state index contributed by atoms with van der Waals surface area (Å²) in [5.41, 5.74) is 0.275. The number of allylic oxidation sites excluding steroid dienone is 2. The van der Waals surface area contributed by atoms with Gasteiger partial charge in [-0.1, -0.05) is 30.7 Å². The topological polar surface area (TPSA) is 142 Å². The van der Waals surface area contributed by atoms with Crippen LogP contribution in [0.4, 0.5) is 4.79 Å². The molecule has 0 aromatic rings. The van der Waals surface area contributed by atoms with Crippen LogP contribution in [-0.4, -0.2) is 105 Å². The second kappa shape index (κ2) is 15.7. The lowest BCUT2D eigenvalue weighted by Gasteiger charge is -2.39. The predicted octanol–water partition coefficient (Wildman–Crippen LogP) is 3.24. The first kappa shape index (κ1) is 35.3. The number of methoxy groups -OCH3 is 1. The van der Waals surface area contributed by atoms with Crippen molar-refractivity contribution in [2.45, 2.75) is 109 Å². The van der Waals surface area contributed by atoms with Gasteiger partial charge in [-0.2, -0.15) is 0 Å². The van der Waals surface area contributed by atoms with E-state index in [0.29, 0.717) is 19.4 Å². The van der Waals surface area contributed by atoms with Crippen LogP contribution in [0, 0.1) is 5.92 Å². The lowest BCUT2D eigenvalue weighted by molar-refractivity contribution is -0.159. The molecule has 246 valence electrons. The molecule has 0 aliphatic carbocycles. The molecule has 44 heavy (non-hydrogen) atoms. The van der Waals surface area contributed by atoms with Crippen molar-refractivity contribution in [3.8, 4) is 0 Å². The standard InChI is InChI=1S/C32H48N2O10/c1-19(9-12-26-20(2)15-25(22(4)42-26)33-28(36)14-11-21(3)41-23(5)35)10-13-27-30(44-31(38)34(6)7)32(18-40-32)17-24(43-27)16-29(37)39-8/h9-11,13-14,20-22,24-27,30H,12,15-18H2,1-8H3,(H,33,36)/b13-10+,14-11-,19-9+/t20-,21-,22+,24+,25+,26-,27+,30+,32+/m0/s1. The molecular formula is C32H48N2O10. The van der Waals surface area contributed by atoms with Crippen molar-refractivity contribution >= 4 is 23.9 Å². The number of hydrogen-bond donors (Lipinski definition) is 1. The van der Waals surface area contributed by atoms with Gasteiger partial charge in [-0.15, -0.1) is 0 Å². The third-order valence-corrected chi connectivity index (χ3v) is 8.11. The van der Waals surface area contributed by atoms with Gasteiger partial charge in [0.15, 0.2) is 6.10 Å². The van der Waals surface area contributed by atoms with E-state index in [1.165, 1.54) is 25.0 Å². The minimum Gasteiger partial charge on any atom is -0.469 e. The van der Waals surface area contributed by atoms with Gasteiger partial charge in [0.2, 0.25) is 5.91 Å². The number of carbonyl (C=O) groups is 4. The number of hydrogen-bond acceptors (Lipinski definition) is 10. The van der Waals surface area contributed by atoms with Crippen molar-refractivity contribution in [3.63, 3.8) is 0 Å². The molecule has 3 heterocycles. The fourth-order valence-electron chi connectivity index (χ4n) is 5.53. The molecule has 0 saturated carbocycles. The number of esters is 2. The summed E-state index contributed by atoms with van der Waals surface area (Å²) >= 11 is 0. The van der Waals surface area contributed by atoms with Crippen LogP contribution in [0.2, 0.25) is 0 Å². The third kappa shape index (κ3) is 10.2. The van der Waals surface area contributed by atoms with E-state index in [1.54, 1.807) is 27.1 Å². The molecule has 3 fully saturated rings. The Hall–Kier alpha value is -3.22. The maximum Gasteiger partial charge on any atom is 0.409 e. The molecule has 2 amide bonds. The number of amides is 2. The largest absolute Gasteiger partial charge is 0.469 e. The highest BCUT2D eigenvalue weighted by molar-refractivity contribution is 5.87. The molecule has 0 radical (unpaired) electrons. The molecule has 0 bridgehead atoms. The van der Waals surface area contributed by atoms with E-state index < -0.39 is 42.1 Å². The van der Waals surface area contributed by atoms with E-state index in [1.807, 2.05) is 26.0 Å². The number of nitrogens with one attached hydrogen (secondary N) is 1. The summed E-state index contributed by atoms with van der Waals surface area (Å²) in [6.07, 6.45) is 7.79. The Morgan fingerprint density at radius 3 is 2.43 bits per heavy atom. The Bertz CT molecular complexity index is 1130. The molecule has 0 unspecified atom stereocenters. The summed E-state index contributed by atoms with van der Waals surface area (Å²) < 4.78 is 33.9. The van der Waals surface area contributed by atoms with Crippen molar-refractivity contribution in [3.05, 3.63) is 36.0 Å². The van der Waals surface area contributed by atoms with Crippen molar-refractivity contribution in [1.29, 1.82) is 0 Å². The highest BCUT2D eigenvalue weighted by Crippen LogP contribution is 2.45. The van der Waals surface area contributed by atoms with Gasteiger partial charge in [0.25, 0.3) is 0 Å². The van der Waals surface area contributed by atoms with Gasteiger partial charge in [0.05, 0.1) is 44.5 Å². The highest BCUT2D eigenvalue weighted by Gasteiger charge is 2.61. The van der Waals surface area contributed by atoms with Gasteiger partial charge in [0, 0.05) is 33.5 Å². The fourth-order valence-corrected chi connectivity index (χ4v) is 5.53. The number of ether oxygens (including phenoxy) is 6. The predicted molar refractivity (Wildman–Crippen MR) is 160 cm³/mol. The SMILES string of the molecule is COC(=O)C[C@@H]1C[C@@]2(CO2)[C@H](OC(=O)N(C)C)[C@@H](/C=C/C(C)=C/C[C@@H]2O[C@H](C)[C@H](NC(=O)/C=C\[C@H](C)OC(C)=O)C[C@@H]2C)O1. The first-order chi connectivity index (χ1) is 20.7. The molecule has 0 aromatic carbocycles. The summed E-state index contributed by atoms with van der Waals surface area (Å²) in [6.45, 7) is 9.45. The van der Waals surface area contributed by atoms with Crippen LogP contribution in [0.15, 0.2) is 36.0 Å². The second-order valence-electron chi connectivity index (χ2n) is 12.2. The van der Waals surface area contributed by atoms with Crippen molar-refractivity contribution in [2.75, 3.05) is 27.8 Å². The third-order valence-electron chi connectivity index (χ3n) is 8.11. The molecule has 3 aliphatic heterocycles. The Morgan fingerprint density at radius 2 is 1.82 bits per heavy atom. The van der Waals surface area contributed by atoms with E-state index in [-0.39, 0.29) is 42.5 Å². The molecular weight excluding hydrogens is 572 g/mol. The van der Waals surface area contributed by atoms with Gasteiger partial charge in [-0.3, -0.25) is 14.4 Å². The molecule has 1 N–H and O–H groups in total. The average molecular weight is 621 g/mol. The summed E-state index contributed by atoms with van der Waals surface area (Å²) in [7, 11) is 4.56. The summed E-state index contributed by atoms with van der Waals surface area (Å²) in [6, 6.07) is -0.146. The highest BCUT2D eigenvalue weighted by atomic mass is 16.7. The molecule has 1 spiro atoms.